The van der Waals surface area contributed by atoms with Gasteiger partial charge in [0.2, 0.25) is 0 Å². The molecule has 3 atom stereocenters. The summed E-state index contributed by atoms with van der Waals surface area (Å²) >= 11 is 0. The van der Waals surface area contributed by atoms with Crippen LogP contribution in [0.1, 0.15) is 32.6 Å². The molecule has 2 fully saturated rings. The number of nitrogens with two attached hydrogens (primary N) is 1. The van der Waals surface area contributed by atoms with Gasteiger partial charge < -0.3 is 15.7 Å². The third kappa shape index (κ3) is 2.16. The standard InChI is InChI=1S/C11H20N2O2/c1-11(12,10(14)15)4-5-13-7-8-2-3-9(13)6-8/h8-9H,2-7,12H2,1H3,(H,14,15). The number of piperidine rings is 1. The predicted octanol–water partition coefficient (Wildman–Crippen LogP) is 0.663. The van der Waals surface area contributed by atoms with Crippen LogP contribution in [-0.2, 0) is 4.79 Å². The minimum Gasteiger partial charge on any atom is -0.480 e. The zero-order valence-electron chi connectivity index (χ0n) is 9.28. The van der Waals surface area contributed by atoms with E-state index in [1.807, 2.05) is 0 Å². The number of rotatable bonds is 4. The van der Waals surface area contributed by atoms with Crippen molar-refractivity contribution in [2.75, 3.05) is 13.1 Å². The Bertz CT molecular complexity index is 265. The van der Waals surface area contributed by atoms with E-state index >= 15 is 0 Å². The highest BCUT2D eigenvalue weighted by atomic mass is 16.4. The molecule has 0 aromatic heterocycles. The van der Waals surface area contributed by atoms with E-state index in [1.54, 1.807) is 6.92 Å². The van der Waals surface area contributed by atoms with Crippen molar-refractivity contribution in [3.8, 4) is 0 Å². The third-order valence-corrected chi connectivity index (χ3v) is 3.93. The maximum Gasteiger partial charge on any atom is 0.323 e. The Morgan fingerprint density at radius 1 is 1.60 bits per heavy atom. The van der Waals surface area contributed by atoms with Crippen LogP contribution in [-0.4, -0.2) is 40.6 Å². The molecule has 2 bridgehead atoms. The van der Waals surface area contributed by atoms with Crippen LogP contribution in [0.15, 0.2) is 0 Å². The van der Waals surface area contributed by atoms with Gasteiger partial charge in [-0.2, -0.15) is 0 Å². The Balaban J connectivity index is 1.81. The summed E-state index contributed by atoms with van der Waals surface area (Å²) in [6.45, 7) is 3.59. The lowest BCUT2D eigenvalue weighted by atomic mass is 9.99. The minimum absolute atomic E-state index is 0.547. The van der Waals surface area contributed by atoms with Crippen molar-refractivity contribution < 1.29 is 9.90 Å². The number of nitrogens with zero attached hydrogens (tertiary/aromatic N) is 1. The Hall–Kier alpha value is -0.610. The van der Waals surface area contributed by atoms with Crippen molar-refractivity contribution in [1.82, 2.24) is 4.90 Å². The molecule has 0 aromatic rings. The van der Waals surface area contributed by atoms with Crippen LogP contribution in [0.4, 0.5) is 0 Å². The highest BCUT2D eigenvalue weighted by molar-refractivity contribution is 5.77. The van der Waals surface area contributed by atoms with E-state index in [2.05, 4.69) is 4.90 Å². The quantitative estimate of drug-likeness (QED) is 0.718. The maximum atomic E-state index is 10.8. The molecule has 4 nitrogen and oxygen atoms in total. The second-order valence-electron chi connectivity index (χ2n) is 5.30. The van der Waals surface area contributed by atoms with Crippen molar-refractivity contribution in [2.45, 2.75) is 44.2 Å². The molecule has 0 aromatic carbocycles. The number of carboxylic acids is 1. The van der Waals surface area contributed by atoms with E-state index in [9.17, 15) is 4.79 Å². The fraction of sp³-hybridized carbons (Fsp3) is 0.909. The topological polar surface area (TPSA) is 66.6 Å². The van der Waals surface area contributed by atoms with Crippen molar-refractivity contribution in [3.05, 3.63) is 0 Å². The van der Waals surface area contributed by atoms with Crippen LogP contribution in [0.2, 0.25) is 0 Å². The lowest BCUT2D eigenvalue weighted by molar-refractivity contribution is -0.143. The fourth-order valence-electron chi connectivity index (χ4n) is 2.78. The van der Waals surface area contributed by atoms with Gasteiger partial charge in [0, 0.05) is 19.1 Å². The van der Waals surface area contributed by atoms with E-state index in [4.69, 9.17) is 10.8 Å². The van der Waals surface area contributed by atoms with Gasteiger partial charge >= 0.3 is 5.97 Å². The molecule has 2 aliphatic rings. The van der Waals surface area contributed by atoms with E-state index < -0.39 is 11.5 Å². The first-order chi connectivity index (χ1) is 6.99. The Morgan fingerprint density at radius 3 is 2.80 bits per heavy atom. The fourth-order valence-corrected chi connectivity index (χ4v) is 2.78. The first-order valence-corrected chi connectivity index (χ1v) is 5.75. The lowest BCUT2D eigenvalue weighted by Crippen LogP contribution is -2.48. The van der Waals surface area contributed by atoms with Gasteiger partial charge in [-0.3, -0.25) is 4.79 Å². The van der Waals surface area contributed by atoms with E-state index in [1.165, 1.54) is 19.3 Å². The monoisotopic (exact) mass is 212 g/mol. The molecule has 2 rings (SSSR count). The second-order valence-corrected chi connectivity index (χ2v) is 5.30. The lowest BCUT2D eigenvalue weighted by Gasteiger charge is -2.29. The smallest absolute Gasteiger partial charge is 0.323 e. The zero-order chi connectivity index (χ0) is 11.1. The molecule has 0 amide bonds. The van der Waals surface area contributed by atoms with Crippen LogP contribution in [0.5, 0.6) is 0 Å². The van der Waals surface area contributed by atoms with Crippen LogP contribution in [0.25, 0.3) is 0 Å². The van der Waals surface area contributed by atoms with Crippen LogP contribution in [0, 0.1) is 5.92 Å². The molecular weight excluding hydrogens is 192 g/mol. The summed E-state index contributed by atoms with van der Waals surface area (Å²) in [5.74, 6) is -0.0317. The zero-order valence-corrected chi connectivity index (χ0v) is 9.28. The van der Waals surface area contributed by atoms with Gasteiger partial charge in [-0.05, 0) is 38.5 Å². The first-order valence-electron chi connectivity index (χ1n) is 5.75. The molecule has 1 aliphatic carbocycles. The molecule has 0 radical (unpaired) electrons. The van der Waals surface area contributed by atoms with Gasteiger partial charge in [-0.15, -0.1) is 0 Å². The van der Waals surface area contributed by atoms with Crippen LogP contribution in [0.3, 0.4) is 0 Å². The van der Waals surface area contributed by atoms with E-state index in [0.717, 1.165) is 19.0 Å². The highest BCUT2D eigenvalue weighted by Crippen LogP contribution is 2.37. The number of carboxylic acid groups (broad SMARTS) is 1. The predicted molar refractivity (Wildman–Crippen MR) is 57.5 cm³/mol. The van der Waals surface area contributed by atoms with Crippen molar-refractivity contribution in [1.29, 1.82) is 0 Å². The highest BCUT2D eigenvalue weighted by Gasteiger charge is 2.38. The van der Waals surface area contributed by atoms with Gasteiger partial charge in [-0.25, -0.2) is 0 Å². The third-order valence-electron chi connectivity index (χ3n) is 3.93. The summed E-state index contributed by atoms with van der Waals surface area (Å²) in [5, 5.41) is 8.90. The van der Waals surface area contributed by atoms with Crippen molar-refractivity contribution in [2.24, 2.45) is 11.7 Å². The first kappa shape index (κ1) is 10.9. The largest absolute Gasteiger partial charge is 0.480 e. The van der Waals surface area contributed by atoms with Gasteiger partial charge in [0.05, 0.1) is 0 Å². The van der Waals surface area contributed by atoms with Gasteiger partial charge in [0.25, 0.3) is 0 Å². The average Bonchev–Trinajstić information content (AvgIpc) is 2.75. The van der Waals surface area contributed by atoms with E-state index in [-0.39, 0.29) is 0 Å². The summed E-state index contributed by atoms with van der Waals surface area (Å²) in [4.78, 5) is 13.3. The van der Waals surface area contributed by atoms with Crippen LogP contribution < -0.4 is 5.73 Å². The van der Waals surface area contributed by atoms with Gasteiger partial charge in [-0.1, -0.05) is 0 Å². The van der Waals surface area contributed by atoms with Gasteiger partial charge in [0.1, 0.15) is 5.54 Å². The molecule has 1 aliphatic heterocycles. The number of likely N-dealkylation sites (tertiary alicyclic amines) is 1. The van der Waals surface area contributed by atoms with Crippen molar-refractivity contribution >= 4 is 5.97 Å². The molecule has 3 N–H and O–H groups in total. The second kappa shape index (κ2) is 3.76. The average molecular weight is 212 g/mol. The maximum absolute atomic E-state index is 10.8. The minimum atomic E-state index is -1.07. The summed E-state index contributed by atoms with van der Waals surface area (Å²) in [5.41, 5.74) is 4.64. The van der Waals surface area contributed by atoms with E-state index in [0.29, 0.717) is 12.5 Å². The summed E-state index contributed by atoms with van der Waals surface area (Å²) in [6, 6.07) is 0.708. The summed E-state index contributed by atoms with van der Waals surface area (Å²) in [6.07, 6.45) is 4.51. The van der Waals surface area contributed by atoms with Crippen molar-refractivity contribution in [3.63, 3.8) is 0 Å². The normalized spacial score (nSPS) is 34.3. The molecule has 1 heterocycles. The van der Waals surface area contributed by atoms with Crippen LogP contribution >= 0.6 is 0 Å². The number of fused-ring (bicyclic) bond motifs is 2. The number of carbonyl (C=O) groups is 1. The molecule has 4 heteroatoms. The molecule has 1 saturated carbocycles. The number of hydrogen-bond acceptors (Lipinski definition) is 3. The Labute approximate surface area is 90.4 Å². The SMILES string of the molecule is CC(N)(CCN1CC2CCC1C2)C(=O)O. The molecule has 1 saturated heterocycles. The Kier molecular flexibility index (Phi) is 2.73. The number of hydrogen-bond donors (Lipinski definition) is 2. The Morgan fingerprint density at radius 2 is 2.33 bits per heavy atom. The molecule has 0 spiro atoms. The summed E-state index contributed by atoms with van der Waals surface area (Å²) < 4.78 is 0. The van der Waals surface area contributed by atoms with Gasteiger partial charge in [0.15, 0.2) is 0 Å². The molecular formula is C11H20N2O2. The number of aliphatic carboxylic acids is 1. The molecule has 3 unspecified atom stereocenters. The molecule has 15 heavy (non-hydrogen) atoms. The molecule has 86 valence electrons. The summed E-state index contributed by atoms with van der Waals surface area (Å²) in [7, 11) is 0.